The third kappa shape index (κ3) is 5.12. The zero-order valence-electron chi connectivity index (χ0n) is 16.1. The largest absolute Gasteiger partial charge is 0.871 e. The molecule has 1 aromatic carbocycles. The van der Waals surface area contributed by atoms with Crippen molar-refractivity contribution < 1.29 is 38.6 Å². The average molecular weight is 389 g/mol. The van der Waals surface area contributed by atoms with Gasteiger partial charge in [-0.3, -0.25) is 19.2 Å². The number of benzene rings is 1. The van der Waals surface area contributed by atoms with Crippen molar-refractivity contribution in [3.63, 3.8) is 0 Å². The first kappa shape index (κ1) is 22.8. The van der Waals surface area contributed by atoms with Crippen LogP contribution in [0.15, 0.2) is 29.8 Å². The van der Waals surface area contributed by atoms with Gasteiger partial charge >= 0.3 is 11.9 Å². The van der Waals surface area contributed by atoms with Crippen molar-refractivity contribution in [3.05, 3.63) is 41.0 Å². The Bertz CT molecular complexity index is 834. The van der Waals surface area contributed by atoms with E-state index in [4.69, 9.17) is 9.47 Å². The third-order valence-electron chi connectivity index (χ3n) is 3.69. The van der Waals surface area contributed by atoms with Gasteiger partial charge in [0, 0.05) is 5.56 Å². The second-order valence-electron chi connectivity index (χ2n) is 5.69. The molecule has 1 unspecified atom stereocenters. The van der Waals surface area contributed by atoms with Gasteiger partial charge in [-0.1, -0.05) is 30.0 Å². The number of rotatable bonds is 9. The van der Waals surface area contributed by atoms with E-state index < -0.39 is 46.5 Å². The molecule has 0 N–H and O–H groups in total. The van der Waals surface area contributed by atoms with Crippen molar-refractivity contribution >= 4 is 35.0 Å². The Morgan fingerprint density at radius 3 is 1.93 bits per heavy atom. The lowest BCUT2D eigenvalue weighted by atomic mass is 9.90. The SMILES string of the molecule is CCOC(=O)/C(C(C)=O)=C(/[O-])c1ccccc1C(=O)C(C(C)=O)C(=O)OCC. The van der Waals surface area contributed by atoms with E-state index >= 15 is 0 Å². The van der Waals surface area contributed by atoms with Crippen LogP contribution in [0.1, 0.15) is 43.6 Å². The molecule has 150 valence electrons. The van der Waals surface area contributed by atoms with Crippen molar-refractivity contribution in [2.45, 2.75) is 27.7 Å². The van der Waals surface area contributed by atoms with Crippen LogP contribution < -0.4 is 5.11 Å². The van der Waals surface area contributed by atoms with Gasteiger partial charge in [0.1, 0.15) is 0 Å². The summed E-state index contributed by atoms with van der Waals surface area (Å²) in [6.45, 7) is 5.00. The fourth-order valence-electron chi connectivity index (χ4n) is 2.47. The third-order valence-corrected chi connectivity index (χ3v) is 3.69. The molecule has 0 saturated heterocycles. The van der Waals surface area contributed by atoms with Crippen LogP contribution >= 0.6 is 0 Å². The van der Waals surface area contributed by atoms with E-state index in [1.165, 1.54) is 38.1 Å². The minimum Gasteiger partial charge on any atom is -0.871 e. The molecule has 0 saturated carbocycles. The Kier molecular flexibility index (Phi) is 8.25. The fourth-order valence-corrected chi connectivity index (χ4v) is 2.47. The summed E-state index contributed by atoms with van der Waals surface area (Å²) in [5, 5.41) is 12.8. The molecule has 0 spiro atoms. The molecule has 0 radical (unpaired) electrons. The van der Waals surface area contributed by atoms with Gasteiger partial charge in [-0.25, -0.2) is 4.79 Å². The Labute approximate surface area is 162 Å². The van der Waals surface area contributed by atoms with E-state index in [1.807, 2.05) is 0 Å². The number of esters is 2. The van der Waals surface area contributed by atoms with Crippen LogP contribution in [0.4, 0.5) is 0 Å². The zero-order valence-corrected chi connectivity index (χ0v) is 16.1. The van der Waals surface area contributed by atoms with Gasteiger partial charge in [-0.15, -0.1) is 0 Å². The molecule has 0 amide bonds. The molecule has 0 fully saturated rings. The standard InChI is InChI=1S/C20H22O8/c1-5-27-19(25)15(11(3)21)17(23)13-9-7-8-10-14(13)18(24)16(12(4)22)20(26)28-6-2/h7-10,15,24H,5-6H2,1-4H3/p-1/b18-16+. The number of carbonyl (C=O) groups excluding carboxylic acids is 5. The second kappa shape index (κ2) is 10.1. The molecule has 0 bridgehead atoms. The van der Waals surface area contributed by atoms with E-state index in [-0.39, 0.29) is 24.3 Å². The summed E-state index contributed by atoms with van der Waals surface area (Å²) >= 11 is 0. The van der Waals surface area contributed by atoms with Gasteiger partial charge in [0.05, 0.1) is 18.8 Å². The maximum Gasteiger partial charge on any atom is 0.341 e. The Morgan fingerprint density at radius 1 is 0.929 bits per heavy atom. The molecule has 0 heterocycles. The minimum atomic E-state index is -1.75. The number of carbonyl (C=O) groups is 5. The molecule has 1 aromatic rings. The number of ketones is 3. The van der Waals surface area contributed by atoms with Gasteiger partial charge in [-0.05, 0) is 33.3 Å². The molecule has 8 nitrogen and oxygen atoms in total. The maximum absolute atomic E-state index is 12.8. The summed E-state index contributed by atoms with van der Waals surface area (Å²) in [5.74, 6) is -7.48. The highest BCUT2D eigenvalue weighted by atomic mass is 16.5. The van der Waals surface area contributed by atoms with Crippen LogP contribution in [0.2, 0.25) is 0 Å². The molecular weight excluding hydrogens is 368 g/mol. The minimum absolute atomic E-state index is 0.0401. The van der Waals surface area contributed by atoms with E-state index in [0.29, 0.717) is 0 Å². The molecule has 0 aliphatic carbocycles. The van der Waals surface area contributed by atoms with Gasteiger partial charge in [0.15, 0.2) is 23.3 Å². The number of ether oxygens (including phenoxy) is 2. The van der Waals surface area contributed by atoms with Crippen molar-refractivity contribution in [3.8, 4) is 0 Å². The first-order valence-electron chi connectivity index (χ1n) is 8.57. The Balaban J connectivity index is 3.58. The highest BCUT2D eigenvalue weighted by Crippen LogP contribution is 2.23. The van der Waals surface area contributed by atoms with E-state index in [0.717, 1.165) is 13.8 Å². The normalized spacial score (nSPS) is 12.4. The van der Waals surface area contributed by atoms with E-state index in [2.05, 4.69) is 0 Å². The Hall–Kier alpha value is -3.29. The first-order chi connectivity index (χ1) is 13.2. The quantitative estimate of drug-likeness (QED) is 0.152. The van der Waals surface area contributed by atoms with E-state index in [1.54, 1.807) is 0 Å². The van der Waals surface area contributed by atoms with Gasteiger partial charge in [-0.2, -0.15) is 0 Å². The maximum atomic E-state index is 12.8. The van der Waals surface area contributed by atoms with E-state index in [9.17, 15) is 29.1 Å². The van der Waals surface area contributed by atoms with Gasteiger partial charge < -0.3 is 14.6 Å². The van der Waals surface area contributed by atoms with Gasteiger partial charge in [0.25, 0.3) is 0 Å². The van der Waals surface area contributed by atoms with Crippen molar-refractivity contribution in [2.75, 3.05) is 13.2 Å². The number of Topliss-reactive ketones (excluding diaryl/α,β-unsaturated/α-hetero) is 3. The van der Waals surface area contributed by atoms with Crippen molar-refractivity contribution in [1.82, 2.24) is 0 Å². The van der Waals surface area contributed by atoms with Crippen molar-refractivity contribution in [1.29, 1.82) is 0 Å². The number of hydrogen-bond acceptors (Lipinski definition) is 8. The number of hydrogen-bond donors (Lipinski definition) is 0. The molecule has 0 aliphatic rings. The van der Waals surface area contributed by atoms with Crippen LogP contribution in [0.5, 0.6) is 0 Å². The fraction of sp³-hybridized carbons (Fsp3) is 0.350. The molecule has 0 aromatic heterocycles. The lowest BCUT2D eigenvalue weighted by molar-refractivity contribution is -0.245. The predicted molar refractivity (Wildman–Crippen MR) is 95.8 cm³/mol. The summed E-state index contributed by atoms with van der Waals surface area (Å²) in [5.41, 5.74) is -1.32. The summed E-state index contributed by atoms with van der Waals surface area (Å²) < 4.78 is 9.50. The summed E-state index contributed by atoms with van der Waals surface area (Å²) in [4.78, 5) is 60.5. The lowest BCUT2D eigenvalue weighted by Crippen LogP contribution is -2.33. The molecule has 8 heteroatoms. The van der Waals surface area contributed by atoms with Crippen LogP contribution in [-0.4, -0.2) is 42.5 Å². The molecule has 28 heavy (non-hydrogen) atoms. The molecule has 0 aliphatic heterocycles. The van der Waals surface area contributed by atoms with Crippen LogP contribution in [-0.2, 0) is 28.7 Å². The smallest absolute Gasteiger partial charge is 0.341 e. The monoisotopic (exact) mass is 389 g/mol. The lowest BCUT2D eigenvalue weighted by Gasteiger charge is -2.21. The summed E-state index contributed by atoms with van der Waals surface area (Å²) in [7, 11) is 0. The topological polar surface area (TPSA) is 127 Å². The van der Waals surface area contributed by atoms with Gasteiger partial charge in [0.2, 0.25) is 0 Å². The highest BCUT2D eigenvalue weighted by Gasteiger charge is 2.34. The average Bonchev–Trinajstić information content (AvgIpc) is 2.61. The molecule has 1 atom stereocenters. The predicted octanol–water partition coefficient (Wildman–Crippen LogP) is 0.861. The molecule has 1 rings (SSSR count). The molecular formula is C20H21O8-. The van der Waals surface area contributed by atoms with Crippen molar-refractivity contribution in [2.24, 2.45) is 5.92 Å². The zero-order chi connectivity index (χ0) is 21.4. The Morgan fingerprint density at radius 2 is 1.46 bits per heavy atom. The van der Waals surface area contributed by atoms with Crippen LogP contribution in [0.25, 0.3) is 5.76 Å². The summed E-state index contributed by atoms with van der Waals surface area (Å²) in [6.07, 6.45) is 0. The van der Waals surface area contributed by atoms with Crippen LogP contribution in [0, 0.1) is 5.92 Å². The second-order valence-corrected chi connectivity index (χ2v) is 5.69. The summed E-state index contributed by atoms with van der Waals surface area (Å²) in [6, 6.07) is 5.29. The highest BCUT2D eigenvalue weighted by molar-refractivity contribution is 6.25. The van der Waals surface area contributed by atoms with Crippen LogP contribution in [0.3, 0.4) is 0 Å². The first-order valence-corrected chi connectivity index (χ1v) is 8.57.